The van der Waals surface area contributed by atoms with Gasteiger partial charge in [0, 0.05) is 37.6 Å². The molecule has 5 rings (SSSR count). The van der Waals surface area contributed by atoms with E-state index in [0.717, 1.165) is 80.7 Å². The molecule has 4 heterocycles. The summed E-state index contributed by atoms with van der Waals surface area (Å²) in [6, 6.07) is 11.8. The summed E-state index contributed by atoms with van der Waals surface area (Å²) in [7, 11) is 0. The Morgan fingerprint density at radius 3 is 2.62 bits per heavy atom. The standard InChI is InChI=1S/C24H27N5O2S/c25-15-18-6-2-3-7-19(18)16-29-23(30)22-21(26-24(29)28-8-4-1-5-9-28)14-20(32-22)17-27-10-12-31-13-11-27/h2-3,6-7,14H,1,4-5,8-13,16-17H2. The molecule has 0 spiro atoms. The van der Waals surface area contributed by atoms with Crippen LogP contribution in [-0.4, -0.2) is 53.8 Å². The van der Waals surface area contributed by atoms with Crippen molar-refractivity contribution in [2.24, 2.45) is 0 Å². The fraction of sp³-hybridized carbons (Fsp3) is 0.458. The van der Waals surface area contributed by atoms with E-state index in [-0.39, 0.29) is 5.56 Å². The quantitative estimate of drug-likeness (QED) is 0.596. The number of aromatic nitrogens is 2. The lowest BCUT2D eigenvalue weighted by Crippen LogP contribution is -2.36. The van der Waals surface area contributed by atoms with E-state index in [4.69, 9.17) is 9.72 Å². The van der Waals surface area contributed by atoms with Crippen LogP contribution < -0.4 is 10.5 Å². The second kappa shape index (κ2) is 9.41. The summed E-state index contributed by atoms with van der Waals surface area (Å²) >= 11 is 1.55. The van der Waals surface area contributed by atoms with Crippen molar-refractivity contribution < 1.29 is 4.74 Å². The molecule has 2 fully saturated rings. The summed E-state index contributed by atoms with van der Waals surface area (Å²) in [6.45, 7) is 6.33. The van der Waals surface area contributed by atoms with Gasteiger partial charge in [0.2, 0.25) is 5.95 Å². The van der Waals surface area contributed by atoms with Gasteiger partial charge in [0.1, 0.15) is 4.70 Å². The normalized spacial score (nSPS) is 17.5. The predicted octanol–water partition coefficient (Wildman–Crippen LogP) is 3.20. The van der Waals surface area contributed by atoms with Crippen LogP contribution >= 0.6 is 11.3 Å². The molecular formula is C24H27N5O2S. The minimum atomic E-state index is -0.0125. The Morgan fingerprint density at radius 2 is 1.84 bits per heavy atom. The van der Waals surface area contributed by atoms with E-state index >= 15 is 0 Å². The van der Waals surface area contributed by atoms with Crippen molar-refractivity contribution in [1.29, 1.82) is 5.26 Å². The Labute approximate surface area is 191 Å². The Balaban J connectivity index is 1.57. The maximum Gasteiger partial charge on any atom is 0.273 e. The number of hydrogen-bond donors (Lipinski definition) is 0. The maximum atomic E-state index is 13.7. The van der Waals surface area contributed by atoms with Crippen LogP contribution in [0.1, 0.15) is 35.3 Å². The van der Waals surface area contributed by atoms with Crippen LogP contribution in [0.15, 0.2) is 35.1 Å². The molecule has 0 radical (unpaired) electrons. The highest BCUT2D eigenvalue weighted by molar-refractivity contribution is 7.18. The molecule has 8 heteroatoms. The number of nitrogens with zero attached hydrogens (tertiary/aromatic N) is 5. The van der Waals surface area contributed by atoms with Gasteiger partial charge in [-0.1, -0.05) is 18.2 Å². The number of hydrogen-bond acceptors (Lipinski definition) is 7. The number of rotatable bonds is 5. The first kappa shape index (κ1) is 21.1. The summed E-state index contributed by atoms with van der Waals surface area (Å²) in [5.41, 5.74) is 2.22. The molecule has 2 aromatic heterocycles. The summed E-state index contributed by atoms with van der Waals surface area (Å²) in [6.07, 6.45) is 3.42. The average Bonchev–Trinajstić information content (AvgIpc) is 3.25. The van der Waals surface area contributed by atoms with Gasteiger partial charge in [-0.25, -0.2) is 4.98 Å². The molecule has 2 aliphatic heterocycles. The lowest BCUT2D eigenvalue weighted by Gasteiger charge is -2.29. The number of morpholine rings is 1. The largest absolute Gasteiger partial charge is 0.379 e. The highest BCUT2D eigenvalue weighted by Crippen LogP contribution is 2.27. The summed E-state index contributed by atoms with van der Waals surface area (Å²) < 4.78 is 7.93. The van der Waals surface area contributed by atoms with Crippen molar-refractivity contribution in [3.05, 3.63) is 56.7 Å². The first-order valence-corrected chi connectivity index (χ1v) is 12.1. The van der Waals surface area contributed by atoms with Crippen LogP contribution in [0.5, 0.6) is 0 Å². The fourth-order valence-corrected chi connectivity index (χ4v) is 5.61. The third-order valence-corrected chi connectivity index (χ3v) is 7.35. The second-order valence-electron chi connectivity index (χ2n) is 8.44. The Morgan fingerprint density at radius 1 is 1.06 bits per heavy atom. The van der Waals surface area contributed by atoms with Crippen LogP contribution in [0.2, 0.25) is 0 Å². The van der Waals surface area contributed by atoms with Crippen molar-refractivity contribution in [2.45, 2.75) is 32.4 Å². The molecule has 2 aliphatic rings. The SMILES string of the molecule is N#Cc1ccccc1Cn1c(N2CCCCC2)nc2cc(CN3CCOCC3)sc2c1=O. The molecule has 1 aromatic carbocycles. The second-order valence-corrected chi connectivity index (χ2v) is 9.57. The number of piperidine rings is 1. The zero-order valence-electron chi connectivity index (χ0n) is 18.1. The van der Waals surface area contributed by atoms with E-state index < -0.39 is 0 Å². The number of ether oxygens (including phenoxy) is 1. The van der Waals surface area contributed by atoms with Crippen LogP contribution in [0.3, 0.4) is 0 Å². The number of fused-ring (bicyclic) bond motifs is 1. The molecule has 0 aliphatic carbocycles. The molecule has 32 heavy (non-hydrogen) atoms. The lowest BCUT2D eigenvalue weighted by atomic mass is 10.1. The molecule has 0 N–H and O–H groups in total. The molecule has 0 saturated carbocycles. The maximum absolute atomic E-state index is 13.7. The topological polar surface area (TPSA) is 74.4 Å². The van der Waals surface area contributed by atoms with Gasteiger partial charge in [-0.3, -0.25) is 14.3 Å². The molecule has 0 unspecified atom stereocenters. The van der Waals surface area contributed by atoms with E-state index in [1.807, 2.05) is 18.2 Å². The third kappa shape index (κ3) is 4.29. The van der Waals surface area contributed by atoms with E-state index in [0.29, 0.717) is 16.8 Å². The average molecular weight is 450 g/mol. The smallest absolute Gasteiger partial charge is 0.273 e. The van der Waals surface area contributed by atoms with Crippen LogP contribution in [-0.2, 0) is 17.8 Å². The summed E-state index contributed by atoms with van der Waals surface area (Å²) in [5.74, 6) is 0.727. The van der Waals surface area contributed by atoms with Crippen LogP contribution in [0.25, 0.3) is 10.2 Å². The first-order chi connectivity index (χ1) is 15.7. The number of benzene rings is 1. The Bertz CT molecular complexity index is 1200. The van der Waals surface area contributed by atoms with Crippen molar-refractivity contribution in [2.75, 3.05) is 44.3 Å². The van der Waals surface area contributed by atoms with Crippen LogP contribution in [0.4, 0.5) is 5.95 Å². The lowest BCUT2D eigenvalue weighted by molar-refractivity contribution is 0.0346. The van der Waals surface area contributed by atoms with Gasteiger partial charge in [-0.2, -0.15) is 5.26 Å². The summed E-state index contributed by atoms with van der Waals surface area (Å²) in [5, 5.41) is 9.54. The van der Waals surface area contributed by atoms with Gasteiger partial charge in [-0.15, -0.1) is 11.3 Å². The fourth-order valence-electron chi connectivity index (χ4n) is 4.52. The molecular weight excluding hydrogens is 422 g/mol. The number of thiophene rings is 1. The minimum Gasteiger partial charge on any atom is -0.379 e. The monoisotopic (exact) mass is 449 g/mol. The Hall–Kier alpha value is -2.73. The Kier molecular flexibility index (Phi) is 6.21. The molecule has 3 aromatic rings. The van der Waals surface area contributed by atoms with Crippen molar-refractivity contribution >= 4 is 27.5 Å². The zero-order valence-corrected chi connectivity index (χ0v) is 18.9. The highest BCUT2D eigenvalue weighted by atomic mass is 32.1. The number of nitriles is 1. The summed E-state index contributed by atoms with van der Waals surface area (Å²) in [4.78, 5) is 24.4. The van der Waals surface area contributed by atoms with Crippen molar-refractivity contribution in [3.63, 3.8) is 0 Å². The van der Waals surface area contributed by atoms with Crippen LogP contribution in [0, 0.1) is 11.3 Å². The molecule has 0 amide bonds. The zero-order chi connectivity index (χ0) is 21.9. The van der Waals surface area contributed by atoms with E-state index in [2.05, 4.69) is 21.9 Å². The van der Waals surface area contributed by atoms with Gasteiger partial charge < -0.3 is 9.64 Å². The van der Waals surface area contributed by atoms with E-state index in [1.165, 1.54) is 6.42 Å². The molecule has 0 bridgehead atoms. The van der Waals surface area contributed by atoms with Gasteiger partial charge in [0.25, 0.3) is 5.56 Å². The van der Waals surface area contributed by atoms with E-state index in [1.54, 1.807) is 22.0 Å². The predicted molar refractivity (Wildman–Crippen MR) is 126 cm³/mol. The molecule has 2 saturated heterocycles. The molecule has 166 valence electrons. The van der Waals surface area contributed by atoms with Gasteiger partial charge in [0.15, 0.2) is 0 Å². The third-order valence-electron chi connectivity index (χ3n) is 6.25. The first-order valence-electron chi connectivity index (χ1n) is 11.3. The van der Waals surface area contributed by atoms with Gasteiger partial charge in [-0.05, 0) is 37.0 Å². The molecule has 7 nitrogen and oxygen atoms in total. The minimum absolute atomic E-state index is 0.0125. The van der Waals surface area contributed by atoms with E-state index in [9.17, 15) is 10.1 Å². The number of anilines is 1. The molecule has 0 atom stereocenters. The highest BCUT2D eigenvalue weighted by Gasteiger charge is 2.22. The van der Waals surface area contributed by atoms with Gasteiger partial charge in [0.05, 0.1) is 36.9 Å². The van der Waals surface area contributed by atoms with Crippen molar-refractivity contribution in [3.8, 4) is 6.07 Å². The van der Waals surface area contributed by atoms with Crippen molar-refractivity contribution in [1.82, 2.24) is 14.5 Å². The van der Waals surface area contributed by atoms with Gasteiger partial charge >= 0.3 is 0 Å².